The van der Waals surface area contributed by atoms with Gasteiger partial charge in [-0.25, -0.2) is 0 Å². The Morgan fingerprint density at radius 3 is 2.52 bits per heavy atom. The van der Waals surface area contributed by atoms with Gasteiger partial charge in [-0.3, -0.25) is 4.79 Å². The Balaban J connectivity index is 2.69. The second-order valence-corrected chi connectivity index (χ2v) is 4.27. The van der Waals surface area contributed by atoms with Crippen molar-refractivity contribution >= 4 is 5.91 Å². The van der Waals surface area contributed by atoms with Crippen LogP contribution >= 0.6 is 0 Å². The molecule has 0 atom stereocenters. The van der Waals surface area contributed by atoms with Crippen molar-refractivity contribution in [1.82, 2.24) is 5.32 Å². The van der Waals surface area contributed by atoms with E-state index < -0.39 is 18.0 Å². The van der Waals surface area contributed by atoms with Crippen LogP contribution in [0.15, 0.2) is 18.2 Å². The zero-order valence-electron chi connectivity index (χ0n) is 12.7. The third kappa shape index (κ3) is 7.20. The molecule has 1 N–H and O–H groups in total. The number of methoxy groups -OCH3 is 2. The number of hydrogen-bond donors (Lipinski definition) is 1. The SMILES string of the molecule is COCCOCCNC(=O)c1cc(OC)ccc1OC(F)(F)F. The van der Waals surface area contributed by atoms with Crippen LogP contribution in [-0.4, -0.2) is 52.9 Å². The molecule has 6 nitrogen and oxygen atoms in total. The van der Waals surface area contributed by atoms with Crippen LogP contribution in [0.3, 0.4) is 0 Å². The summed E-state index contributed by atoms with van der Waals surface area (Å²) in [5.41, 5.74) is -0.279. The third-order valence-corrected chi connectivity index (χ3v) is 2.62. The summed E-state index contributed by atoms with van der Waals surface area (Å²) >= 11 is 0. The summed E-state index contributed by atoms with van der Waals surface area (Å²) in [7, 11) is 2.86. The van der Waals surface area contributed by atoms with E-state index in [1.54, 1.807) is 0 Å². The number of amides is 1. The number of nitrogens with one attached hydrogen (secondary N) is 1. The van der Waals surface area contributed by atoms with E-state index in [9.17, 15) is 18.0 Å². The Labute approximate surface area is 131 Å². The standard InChI is InChI=1S/C14H18F3NO5/c1-20-7-8-22-6-5-18-13(19)11-9-10(21-2)3-4-12(11)23-14(15,16)17/h3-4,9H,5-8H2,1-2H3,(H,18,19). The molecule has 0 aromatic heterocycles. The van der Waals surface area contributed by atoms with Crippen LogP contribution in [-0.2, 0) is 9.47 Å². The second-order valence-electron chi connectivity index (χ2n) is 4.27. The first-order chi connectivity index (χ1) is 10.9. The first-order valence-electron chi connectivity index (χ1n) is 6.66. The number of alkyl halides is 3. The van der Waals surface area contributed by atoms with E-state index in [2.05, 4.69) is 10.1 Å². The molecule has 1 aromatic rings. The lowest BCUT2D eigenvalue weighted by Crippen LogP contribution is -2.29. The van der Waals surface area contributed by atoms with Crippen molar-refractivity contribution in [2.24, 2.45) is 0 Å². The monoisotopic (exact) mass is 337 g/mol. The third-order valence-electron chi connectivity index (χ3n) is 2.62. The number of carbonyl (C=O) groups is 1. The van der Waals surface area contributed by atoms with Crippen LogP contribution in [0.5, 0.6) is 11.5 Å². The molecule has 0 saturated heterocycles. The Morgan fingerprint density at radius 2 is 1.91 bits per heavy atom. The highest BCUT2D eigenvalue weighted by Gasteiger charge is 2.33. The van der Waals surface area contributed by atoms with Crippen LogP contribution in [0.25, 0.3) is 0 Å². The molecular formula is C14H18F3NO5. The molecule has 0 bridgehead atoms. The fourth-order valence-electron chi connectivity index (χ4n) is 1.60. The van der Waals surface area contributed by atoms with Gasteiger partial charge in [-0.2, -0.15) is 0 Å². The number of halogens is 3. The highest BCUT2D eigenvalue weighted by atomic mass is 19.4. The van der Waals surface area contributed by atoms with E-state index in [4.69, 9.17) is 14.2 Å². The maximum atomic E-state index is 12.4. The van der Waals surface area contributed by atoms with Gasteiger partial charge in [-0.15, -0.1) is 13.2 Å². The molecule has 0 saturated carbocycles. The lowest BCUT2D eigenvalue weighted by molar-refractivity contribution is -0.274. The number of ether oxygens (including phenoxy) is 4. The Bertz CT molecular complexity index is 508. The van der Waals surface area contributed by atoms with E-state index in [0.29, 0.717) is 13.2 Å². The van der Waals surface area contributed by atoms with E-state index >= 15 is 0 Å². The fraction of sp³-hybridized carbons (Fsp3) is 0.500. The van der Waals surface area contributed by atoms with E-state index in [1.165, 1.54) is 26.4 Å². The maximum absolute atomic E-state index is 12.4. The van der Waals surface area contributed by atoms with Gasteiger partial charge in [0.1, 0.15) is 11.5 Å². The summed E-state index contributed by atoms with van der Waals surface area (Å²) in [5, 5.41) is 2.45. The average Bonchev–Trinajstić information content (AvgIpc) is 2.49. The summed E-state index contributed by atoms with van der Waals surface area (Å²) < 4.78 is 55.8. The maximum Gasteiger partial charge on any atom is 0.573 e. The molecule has 1 aromatic carbocycles. The molecule has 0 heterocycles. The average molecular weight is 337 g/mol. The molecule has 1 rings (SSSR count). The highest BCUT2D eigenvalue weighted by Crippen LogP contribution is 2.29. The van der Waals surface area contributed by atoms with Crippen molar-refractivity contribution in [1.29, 1.82) is 0 Å². The predicted molar refractivity (Wildman–Crippen MR) is 74.7 cm³/mol. The molecule has 23 heavy (non-hydrogen) atoms. The summed E-state index contributed by atoms with van der Waals surface area (Å²) in [5.74, 6) is -1.09. The van der Waals surface area contributed by atoms with Gasteiger partial charge in [0, 0.05) is 13.7 Å². The van der Waals surface area contributed by atoms with Crippen molar-refractivity contribution in [2.45, 2.75) is 6.36 Å². The molecule has 9 heteroatoms. The molecule has 0 fully saturated rings. The minimum atomic E-state index is -4.90. The normalized spacial score (nSPS) is 11.2. The number of benzene rings is 1. The van der Waals surface area contributed by atoms with E-state index in [0.717, 1.165) is 6.07 Å². The van der Waals surface area contributed by atoms with Gasteiger partial charge < -0.3 is 24.3 Å². The number of carbonyl (C=O) groups excluding carboxylic acids is 1. The fourth-order valence-corrected chi connectivity index (χ4v) is 1.60. The molecule has 0 spiro atoms. The van der Waals surface area contributed by atoms with E-state index in [-0.39, 0.29) is 24.5 Å². The Morgan fingerprint density at radius 1 is 1.17 bits per heavy atom. The van der Waals surface area contributed by atoms with Gasteiger partial charge in [0.05, 0.1) is 32.5 Å². The lowest BCUT2D eigenvalue weighted by Gasteiger charge is -2.14. The zero-order valence-corrected chi connectivity index (χ0v) is 12.7. The minimum absolute atomic E-state index is 0.130. The Hall–Kier alpha value is -2.00. The van der Waals surface area contributed by atoms with Crippen molar-refractivity contribution in [3.8, 4) is 11.5 Å². The van der Waals surface area contributed by atoms with Crippen molar-refractivity contribution in [3.05, 3.63) is 23.8 Å². The Kier molecular flexibility index (Phi) is 7.63. The summed E-state index contributed by atoms with van der Waals surface area (Å²) in [6.45, 7) is 1.10. The second kappa shape index (κ2) is 9.21. The molecule has 1 amide bonds. The highest BCUT2D eigenvalue weighted by molar-refractivity contribution is 5.97. The lowest BCUT2D eigenvalue weighted by atomic mass is 10.1. The largest absolute Gasteiger partial charge is 0.573 e. The summed E-state index contributed by atoms with van der Waals surface area (Å²) in [6.07, 6.45) is -4.90. The minimum Gasteiger partial charge on any atom is -0.497 e. The number of hydrogen-bond acceptors (Lipinski definition) is 5. The van der Waals surface area contributed by atoms with Gasteiger partial charge in [0.25, 0.3) is 5.91 Å². The van der Waals surface area contributed by atoms with Crippen molar-refractivity contribution < 1.29 is 36.9 Å². The van der Waals surface area contributed by atoms with Crippen LogP contribution in [0, 0.1) is 0 Å². The molecule has 130 valence electrons. The molecular weight excluding hydrogens is 319 g/mol. The summed E-state index contributed by atoms with van der Waals surface area (Å²) in [4.78, 5) is 12.0. The van der Waals surface area contributed by atoms with Gasteiger partial charge >= 0.3 is 6.36 Å². The molecule has 0 aliphatic heterocycles. The van der Waals surface area contributed by atoms with Crippen LogP contribution < -0.4 is 14.8 Å². The van der Waals surface area contributed by atoms with Gasteiger partial charge in [-0.1, -0.05) is 0 Å². The van der Waals surface area contributed by atoms with Gasteiger partial charge in [-0.05, 0) is 18.2 Å². The van der Waals surface area contributed by atoms with Crippen molar-refractivity contribution in [3.63, 3.8) is 0 Å². The first-order valence-corrected chi connectivity index (χ1v) is 6.66. The molecule has 0 radical (unpaired) electrons. The van der Waals surface area contributed by atoms with Gasteiger partial charge in [0.2, 0.25) is 0 Å². The number of rotatable bonds is 9. The zero-order chi connectivity index (χ0) is 17.3. The van der Waals surface area contributed by atoms with Crippen LogP contribution in [0.1, 0.15) is 10.4 Å². The summed E-state index contributed by atoms with van der Waals surface area (Å²) in [6, 6.07) is 3.46. The van der Waals surface area contributed by atoms with E-state index in [1.807, 2.05) is 0 Å². The molecule has 0 aliphatic rings. The van der Waals surface area contributed by atoms with Crippen molar-refractivity contribution in [2.75, 3.05) is 40.6 Å². The smallest absolute Gasteiger partial charge is 0.497 e. The topological polar surface area (TPSA) is 66.0 Å². The quantitative estimate of drug-likeness (QED) is 0.698. The van der Waals surface area contributed by atoms with Gasteiger partial charge in [0.15, 0.2) is 0 Å². The van der Waals surface area contributed by atoms with Crippen LogP contribution in [0.4, 0.5) is 13.2 Å². The van der Waals surface area contributed by atoms with Crippen LogP contribution in [0.2, 0.25) is 0 Å². The molecule has 0 aliphatic carbocycles. The predicted octanol–water partition coefficient (Wildman–Crippen LogP) is 1.99. The first kappa shape index (κ1) is 19.0. The molecule has 0 unspecified atom stereocenters.